The summed E-state index contributed by atoms with van der Waals surface area (Å²) in [5, 5.41) is 49.4. The predicted octanol–water partition coefficient (Wildman–Crippen LogP) is -0.0721. The lowest BCUT2D eigenvalue weighted by Gasteiger charge is -2.41. The number of aromatic hydroxyl groups is 1. The highest BCUT2D eigenvalue weighted by molar-refractivity contribution is 5.92. The van der Waals surface area contributed by atoms with E-state index in [1.54, 1.807) is 24.3 Å². The van der Waals surface area contributed by atoms with Crippen LogP contribution in [0.5, 0.6) is 11.5 Å². The van der Waals surface area contributed by atoms with Gasteiger partial charge in [-0.3, -0.25) is 0 Å². The van der Waals surface area contributed by atoms with Gasteiger partial charge >= 0.3 is 5.97 Å². The second-order valence-electron chi connectivity index (χ2n) is 6.48. The number of aliphatic hydroxyl groups excluding tert-OH is 4. The highest BCUT2D eigenvalue weighted by Gasteiger charge is 2.48. The minimum atomic E-state index is -1.64. The molecule has 0 saturated carbocycles. The highest BCUT2D eigenvalue weighted by atomic mass is 16.7. The maximum atomic E-state index is 12.5. The van der Waals surface area contributed by atoms with Gasteiger partial charge in [-0.25, -0.2) is 4.79 Å². The van der Waals surface area contributed by atoms with Crippen molar-refractivity contribution in [1.82, 2.24) is 0 Å². The van der Waals surface area contributed by atoms with Crippen LogP contribution in [0.3, 0.4) is 0 Å². The van der Waals surface area contributed by atoms with Gasteiger partial charge in [0.1, 0.15) is 35.4 Å². The number of phenolic OH excluding ortho intramolecular Hbond substituents is 1. The lowest BCUT2D eigenvalue weighted by Crippen LogP contribution is -2.61. The van der Waals surface area contributed by atoms with Crippen LogP contribution in [0.4, 0.5) is 0 Å². The molecule has 0 radical (unpaired) electrons. The molecule has 156 valence electrons. The molecule has 2 aromatic rings. The standard InChI is InChI=1S/C20H22O9/c21-9-11-5-1-4-8-14(11)27-20-18(17(25)16(24)15(10-22)28-20)29-19(26)12-6-2-3-7-13(12)23/h1-8,15-18,20-25H,9-10H2/t15-,16-,17+,18-,20-/m1/s1. The topological polar surface area (TPSA) is 146 Å². The molecule has 0 bridgehead atoms. The number of rotatable bonds is 6. The number of hydrogen-bond donors (Lipinski definition) is 5. The van der Waals surface area contributed by atoms with Gasteiger partial charge < -0.3 is 39.7 Å². The predicted molar refractivity (Wildman–Crippen MR) is 98.1 cm³/mol. The van der Waals surface area contributed by atoms with E-state index >= 15 is 0 Å². The lowest BCUT2D eigenvalue weighted by atomic mass is 9.99. The number of ether oxygens (including phenoxy) is 3. The molecule has 9 nitrogen and oxygen atoms in total. The van der Waals surface area contributed by atoms with Crippen LogP contribution in [-0.2, 0) is 16.1 Å². The van der Waals surface area contributed by atoms with Gasteiger partial charge in [-0.15, -0.1) is 0 Å². The van der Waals surface area contributed by atoms with Crippen molar-refractivity contribution in [2.75, 3.05) is 6.61 Å². The first kappa shape index (κ1) is 21.0. The fourth-order valence-corrected chi connectivity index (χ4v) is 2.98. The van der Waals surface area contributed by atoms with Crippen molar-refractivity contribution in [2.24, 2.45) is 0 Å². The van der Waals surface area contributed by atoms with Crippen molar-refractivity contribution >= 4 is 5.97 Å². The molecule has 5 atom stereocenters. The van der Waals surface area contributed by atoms with Gasteiger partial charge in [0, 0.05) is 5.56 Å². The molecule has 9 heteroatoms. The highest BCUT2D eigenvalue weighted by Crippen LogP contribution is 2.29. The summed E-state index contributed by atoms with van der Waals surface area (Å²) in [5.41, 5.74) is 0.274. The molecule has 29 heavy (non-hydrogen) atoms. The van der Waals surface area contributed by atoms with Crippen molar-refractivity contribution < 1.29 is 44.5 Å². The van der Waals surface area contributed by atoms with Crippen LogP contribution in [0.2, 0.25) is 0 Å². The second-order valence-corrected chi connectivity index (χ2v) is 6.48. The molecule has 0 aromatic heterocycles. The van der Waals surface area contributed by atoms with E-state index < -0.39 is 43.3 Å². The van der Waals surface area contributed by atoms with Crippen molar-refractivity contribution in [3.63, 3.8) is 0 Å². The fourth-order valence-electron chi connectivity index (χ4n) is 2.98. The molecule has 1 saturated heterocycles. The van der Waals surface area contributed by atoms with E-state index in [0.29, 0.717) is 5.56 Å². The van der Waals surface area contributed by atoms with E-state index in [1.165, 1.54) is 24.3 Å². The molecular formula is C20H22O9. The van der Waals surface area contributed by atoms with Crippen LogP contribution in [-0.4, -0.2) is 68.8 Å². The number of carbonyl (C=O) groups is 1. The Hall–Kier alpha value is -2.69. The zero-order valence-electron chi connectivity index (χ0n) is 15.3. The smallest absolute Gasteiger partial charge is 0.342 e. The summed E-state index contributed by atoms with van der Waals surface area (Å²) in [6.45, 7) is -0.945. The third-order valence-electron chi connectivity index (χ3n) is 4.58. The van der Waals surface area contributed by atoms with Crippen molar-refractivity contribution in [2.45, 2.75) is 37.3 Å². The van der Waals surface area contributed by atoms with Crippen molar-refractivity contribution in [3.05, 3.63) is 59.7 Å². The Morgan fingerprint density at radius 2 is 1.69 bits per heavy atom. The van der Waals surface area contributed by atoms with Gasteiger partial charge in [-0.2, -0.15) is 0 Å². The van der Waals surface area contributed by atoms with E-state index in [0.717, 1.165) is 0 Å². The molecule has 5 N–H and O–H groups in total. The molecule has 0 spiro atoms. The largest absolute Gasteiger partial charge is 0.507 e. The third kappa shape index (κ3) is 4.50. The Kier molecular flexibility index (Phi) is 6.68. The van der Waals surface area contributed by atoms with E-state index in [-0.39, 0.29) is 23.7 Å². The molecule has 2 aromatic carbocycles. The summed E-state index contributed by atoms with van der Waals surface area (Å²) < 4.78 is 16.5. The number of phenols is 1. The van der Waals surface area contributed by atoms with E-state index in [1.807, 2.05) is 0 Å². The zero-order chi connectivity index (χ0) is 21.0. The Labute approximate surface area is 166 Å². The van der Waals surface area contributed by atoms with Gasteiger partial charge in [0.25, 0.3) is 0 Å². The Bertz CT molecular complexity index is 840. The van der Waals surface area contributed by atoms with Crippen molar-refractivity contribution in [1.29, 1.82) is 0 Å². The van der Waals surface area contributed by atoms with Gasteiger partial charge in [0.15, 0.2) is 6.10 Å². The van der Waals surface area contributed by atoms with Gasteiger partial charge in [0.2, 0.25) is 6.29 Å². The summed E-state index contributed by atoms with van der Waals surface area (Å²) in [5.74, 6) is -1.07. The maximum absolute atomic E-state index is 12.5. The van der Waals surface area contributed by atoms with E-state index in [4.69, 9.17) is 14.2 Å². The Balaban J connectivity index is 1.87. The van der Waals surface area contributed by atoms with E-state index in [9.17, 15) is 30.3 Å². The number of benzene rings is 2. The van der Waals surface area contributed by atoms with Gasteiger partial charge in [-0.05, 0) is 18.2 Å². The minimum Gasteiger partial charge on any atom is -0.507 e. The summed E-state index contributed by atoms with van der Waals surface area (Å²) in [6, 6.07) is 12.2. The Morgan fingerprint density at radius 1 is 1.00 bits per heavy atom. The number of esters is 1. The van der Waals surface area contributed by atoms with E-state index in [2.05, 4.69) is 0 Å². The Morgan fingerprint density at radius 3 is 2.38 bits per heavy atom. The maximum Gasteiger partial charge on any atom is 0.342 e. The molecule has 0 amide bonds. The molecule has 3 rings (SSSR count). The first-order valence-corrected chi connectivity index (χ1v) is 8.93. The minimum absolute atomic E-state index is 0.145. The average Bonchev–Trinajstić information content (AvgIpc) is 2.73. The number of hydrogen-bond acceptors (Lipinski definition) is 9. The lowest BCUT2D eigenvalue weighted by molar-refractivity contribution is -0.276. The normalized spacial score (nSPS) is 26.7. The molecule has 1 heterocycles. The third-order valence-corrected chi connectivity index (χ3v) is 4.58. The monoisotopic (exact) mass is 406 g/mol. The number of para-hydroxylation sites is 2. The van der Waals surface area contributed by atoms with Crippen molar-refractivity contribution in [3.8, 4) is 11.5 Å². The molecule has 0 unspecified atom stereocenters. The summed E-state index contributed by atoms with van der Waals surface area (Å²) in [7, 11) is 0. The molecule has 1 fully saturated rings. The van der Waals surface area contributed by atoms with Crippen LogP contribution < -0.4 is 4.74 Å². The average molecular weight is 406 g/mol. The first-order valence-electron chi connectivity index (χ1n) is 8.93. The summed E-state index contributed by atoms with van der Waals surface area (Å²) >= 11 is 0. The number of aliphatic hydroxyl groups is 4. The van der Waals surface area contributed by atoms with Gasteiger partial charge in [-0.1, -0.05) is 30.3 Å². The zero-order valence-corrected chi connectivity index (χ0v) is 15.3. The second kappa shape index (κ2) is 9.21. The number of carbonyl (C=O) groups excluding carboxylic acids is 1. The molecular weight excluding hydrogens is 384 g/mol. The molecule has 1 aliphatic heterocycles. The molecule has 0 aliphatic carbocycles. The first-order chi connectivity index (χ1) is 14.0. The quantitative estimate of drug-likeness (QED) is 0.416. The van der Waals surface area contributed by atoms with Crippen LogP contribution in [0.25, 0.3) is 0 Å². The summed E-state index contributed by atoms with van der Waals surface area (Å²) in [4.78, 5) is 12.5. The fraction of sp³-hybridized carbons (Fsp3) is 0.350. The molecule has 1 aliphatic rings. The van der Waals surface area contributed by atoms with Crippen LogP contribution in [0, 0.1) is 0 Å². The van der Waals surface area contributed by atoms with Crippen LogP contribution >= 0.6 is 0 Å². The SMILES string of the molecule is O=C(O[C@H]1[C@H](Oc2ccccc2CO)O[C@H](CO)[C@@H](O)[C@@H]1O)c1ccccc1O. The van der Waals surface area contributed by atoms with Crippen LogP contribution in [0.1, 0.15) is 15.9 Å². The van der Waals surface area contributed by atoms with Gasteiger partial charge in [0.05, 0.1) is 13.2 Å². The van der Waals surface area contributed by atoms with Crippen LogP contribution in [0.15, 0.2) is 48.5 Å². The summed E-state index contributed by atoms with van der Waals surface area (Å²) in [6.07, 6.45) is -7.24.